The minimum Gasteiger partial charge on any atom is -0.383 e. The maximum Gasteiger partial charge on any atom is 0.0702 e. The van der Waals surface area contributed by atoms with Gasteiger partial charge in [-0.15, -0.1) is 0 Å². The van der Waals surface area contributed by atoms with E-state index in [1.807, 2.05) is 19.9 Å². The number of nitrogens with one attached hydrogen (secondary N) is 1. The van der Waals surface area contributed by atoms with E-state index in [-0.39, 0.29) is 5.41 Å². The molecule has 1 aromatic rings. The lowest BCUT2D eigenvalue weighted by molar-refractivity contribution is 0.529. The van der Waals surface area contributed by atoms with E-state index in [0.29, 0.717) is 6.54 Å². The van der Waals surface area contributed by atoms with Gasteiger partial charge in [0.1, 0.15) is 0 Å². The minimum atomic E-state index is -0.323. The smallest absolute Gasteiger partial charge is 0.0702 e. The van der Waals surface area contributed by atoms with Gasteiger partial charge in [0.15, 0.2) is 0 Å². The molecule has 2 nitrogen and oxygen atoms in total. The van der Waals surface area contributed by atoms with Crippen molar-refractivity contribution in [2.45, 2.75) is 27.7 Å². The normalized spacial score (nSPS) is 10.9. The predicted molar refractivity (Wildman–Crippen MR) is 63.8 cm³/mol. The highest BCUT2D eigenvalue weighted by Crippen LogP contribution is 2.20. The van der Waals surface area contributed by atoms with Crippen molar-refractivity contribution in [1.29, 1.82) is 5.26 Å². The first-order valence-corrected chi connectivity index (χ1v) is 5.17. The fourth-order valence-electron chi connectivity index (χ4n) is 1.30. The van der Waals surface area contributed by atoms with Crippen molar-refractivity contribution < 1.29 is 0 Å². The standard InChI is InChI=1S/C13H18N2/c1-10-6-5-7-12(11(10)2)15-9-13(3,4)8-14/h5-7,15H,9H2,1-4H3. The molecule has 0 aromatic heterocycles. The summed E-state index contributed by atoms with van der Waals surface area (Å²) < 4.78 is 0. The van der Waals surface area contributed by atoms with Crippen LogP contribution in [0.1, 0.15) is 25.0 Å². The number of hydrogen-bond donors (Lipinski definition) is 1. The van der Waals surface area contributed by atoms with Crippen molar-refractivity contribution in [2.75, 3.05) is 11.9 Å². The highest BCUT2D eigenvalue weighted by molar-refractivity contribution is 5.53. The highest BCUT2D eigenvalue weighted by Gasteiger charge is 2.16. The summed E-state index contributed by atoms with van der Waals surface area (Å²) in [7, 11) is 0. The molecule has 0 aliphatic carbocycles. The van der Waals surface area contributed by atoms with Gasteiger partial charge in [-0.3, -0.25) is 0 Å². The lowest BCUT2D eigenvalue weighted by Crippen LogP contribution is -2.21. The van der Waals surface area contributed by atoms with Crippen LogP contribution in [0.4, 0.5) is 5.69 Å². The summed E-state index contributed by atoms with van der Waals surface area (Å²) in [6.45, 7) is 8.73. The maximum absolute atomic E-state index is 8.91. The second-order valence-electron chi connectivity index (χ2n) is 4.60. The zero-order valence-electron chi connectivity index (χ0n) is 9.89. The Hall–Kier alpha value is -1.49. The van der Waals surface area contributed by atoms with Crippen LogP contribution in [0.25, 0.3) is 0 Å². The number of hydrogen-bond acceptors (Lipinski definition) is 2. The van der Waals surface area contributed by atoms with E-state index in [0.717, 1.165) is 5.69 Å². The first-order chi connectivity index (χ1) is 6.96. The van der Waals surface area contributed by atoms with Crippen molar-refractivity contribution >= 4 is 5.69 Å². The van der Waals surface area contributed by atoms with Crippen molar-refractivity contribution in [3.05, 3.63) is 29.3 Å². The van der Waals surface area contributed by atoms with Crippen LogP contribution in [0.5, 0.6) is 0 Å². The highest BCUT2D eigenvalue weighted by atomic mass is 14.9. The topological polar surface area (TPSA) is 35.8 Å². The lowest BCUT2D eigenvalue weighted by atomic mass is 9.95. The van der Waals surface area contributed by atoms with E-state index in [2.05, 4.69) is 37.4 Å². The number of benzene rings is 1. The lowest BCUT2D eigenvalue weighted by Gasteiger charge is -2.18. The Kier molecular flexibility index (Phi) is 3.36. The second kappa shape index (κ2) is 4.35. The van der Waals surface area contributed by atoms with Gasteiger partial charge in [0.05, 0.1) is 11.5 Å². The molecule has 0 aliphatic rings. The summed E-state index contributed by atoms with van der Waals surface area (Å²) in [6.07, 6.45) is 0. The Labute approximate surface area is 91.9 Å². The number of anilines is 1. The van der Waals surface area contributed by atoms with Gasteiger partial charge >= 0.3 is 0 Å². The molecular weight excluding hydrogens is 184 g/mol. The van der Waals surface area contributed by atoms with Gasteiger partial charge in [-0.1, -0.05) is 12.1 Å². The Morgan fingerprint density at radius 1 is 1.33 bits per heavy atom. The summed E-state index contributed by atoms with van der Waals surface area (Å²) in [5.74, 6) is 0. The summed E-state index contributed by atoms with van der Waals surface area (Å²) >= 11 is 0. The van der Waals surface area contributed by atoms with Crippen LogP contribution in [0, 0.1) is 30.6 Å². The van der Waals surface area contributed by atoms with Gasteiger partial charge in [-0.05, 0) is 44.9 Å². The summed E-state index contributed by atoms with van der Waals surface area (Å²) in [5.41, 5.74) is 3.33. The molecule has 2 heteroatoms. The van der Waals surface area contributed by atoms with Gasteiger partial charge in [0.25, 0.3) is 0 Å². The molecule has 0 unspecified atom stereocenters. The predicted octanol–water partition coefficient (Wildman–Crippen LogP) is 3.27. The molecule has 0 atom stereocenters. The van der Waals surface area contributed by atoms with Gasteiger partial charge < -0.3 is 5.32 Å². The van der Waals surface area contributed by atoms with Crippen LogP contribution in [0.3, 0.4) is 0 Å². The van der Waals surface area contributed by atoms with Crippen molar-refractivity contribution in [2.24, 2.45) is 5.41 Å². The monoisotopic (exact) mass is 202 g/mol. The average Bonchev–Trinajstić information content (AvgIpc) is 2.20. The van der Waals surface area contributed by atoms with Gasteiger partial charge in [-0.2, -0.15) is 5.26 Å². The number of aryl methyl sites for hydroxylation is 1. The molecule has 1 aromatic carbocycles. The van der Waals surface area contributed by atoms with Crippen LogP contribution in [0.2, 0.25) is 0 Å². The molecule has 1 rings (SSSR count). The molecule has 1 N–H and O–H groups in total. The van der Waals surface area contributed by atoms with Crippen molar-refractivity contribution in [3.8, 4) is 6.07 Å². The summed E-state index contributed by atoms with van der Waals surface area (Å²) in [5, 5.41) is 12.2. The van der Waals surface area contributed by atoms with E-state index in [9.17, 15) is 0 Å². The average molecular weight is 202 g/mol. The molecule has 0 aliphatic heterocycles. The molecule has 0 saturated carbocycles. The van der Waals surface area contributed by atoms with Gasteiger partial charge in [-0.25, -0.2) is 0 Å². The SMILES string of the molecule is Cc1cccc(NCC(C)(C)C#N)c1C. The maximum atomic E-state index is 8.91. The third kappa shape index (κ3) is 2.99. The molecule has 0 spiro atoms. The molecule has 0 saturated heterocycles. The van der Waals surface area contributed by atoms with Crippen molar-refractivity contribution in [1.82, 2.24) is 0 Å². The fourth-order valence-corrected chi connectivity index (χ4v) is 1.30. The first-order valence-electron chi connectivity index (χ1n) is 5.17. The zero-order chi connectivity index (χ0) is 11.5. The van der Waals surface area contributed by atoms with Gasteiger partial charge in [0, 0.05) is 12.2 Å². The zero-order valence-corrected chi connectivity index (χ0v) is 9.89. The van der Waals surface area contributed by atoms with Crippen LogP contribution in [0.15, 0.2) is 18.2 Å². The van der Waals surface area contributed by atoms with E-state index < -0.39 is 0 Å². The third-order valence-corrected chi connectivity index (χ3v) is 2.63. The number of rotatable bonds is 3. The molecule has 0 radical (unpaired) electrons. The Bertz CT molecular complexity index is 386. The van der Waals surface area contributed by atoms with Crippen molar-refractivity contribution in [3.63, 3.8) is 0 Å². The molecule has 15 heavy (non-hydrogen) atoms. The fraction of sp³-hybridized carbons (Fsp3) is 0.462. The summed E-state index contributed by atoms with van der Waals surface area (Å²) in [6, 6.07) is 8.46. The van der Waals surface area contributed by atoms with Crippen LogP contribution >= 0.6 is 0 Å². The molecule has 0 heterocycles. The van der Waals surface area contributed by atoms with Crippen LogP contribution < -0.4 is 5.32 Å². The largest absolute Gasteiger partial charge is 0.383 e. The quantitative estimate of drug-likeness (QED) is 0.816. The van der Waals surface area contributed by atoms with E-state index >= 15 is 0 Å². The third-order valence-electron chi connectivity index (χ3n) is 2.63. The summed E-state index contributed by atoms with van der Waals surface area (Å²) in [4.78, 5) is 0. The van der Waals surface area contributed by atoms with E-state index in [1.165, 1.54) is 11.1 Å². The second-order valence-corrected chi connectivity index (χ2v) is 4.60. The molecule has 80 valence electrons. The molecule has 0 bridgehead atoms. The van der Waals surface area contributed by atoms with E-state index in [4.69, 9.17) is 5.26 Å². The number of nitrogens with zero attached hydrogens (tertiary/aromatic N) is 1. The number of nitriles is 1. The van der Waals surface area contributed by atoms with Crippen LogP contribution in [-0.2, 0) is 0 Å². The minimum absolute atomic E-state index is 0.323. The molecule has 0 fully saturated rings. The van der Waals surface area contributed by atoms with Gasteiger partial charge in [0.2, 0.25) is 0 Å². The Balaban J connectivity index is 2.75. The first kappa shape index (κ1) is 11.6. The van der Waals surface area contributed by atoms with Crippen LogP contribution in [-0.4, -0.2) is 6.54 Å². The van der Waals surface area contributed by atoms with E-state index in [1.54, 1.807) is 0 Å². The Morgan fingerprint density at radius 3 is 2.60 bits per heavy atom. The molecular formula is C13H18N2. The Morgan fingerprint density at radius 2 is 2.00 bits per heavy atom. The molecule has 0 amide bonds.